The largest absolute Gasteiger partial charge is 0.484 e. The molecule has 0 aliphatic heterocycles. The highest BCUT2D eigenvalue weighted by Crippen LogP contribution is 2.28. The van der Waals surface area contributed by atoms with Crippen LogP contribution in [0.2, 0.25) is 10.0 Å². The van der Waals surface area contributed by atoms with Gasteiger partial charge in [-0.3, -0.25) is 9.59 Å². The molecule has 190 valence electrons. The number of amides is 2. The topological polar surface area (TPSA) is 98.1 Å². The summed E-state index contributed by atoms with van der Waals surface area (Å²) in [6.07, 6.45) is 0. The van der Waals surface area contributed by atoms with Crippen LogP contribution in [0.5, 0.6) is 5.75 Å². The third-order valence-corrected chi connectivity index (χ3v) is 6.78. The Morgan fingerprint density at radius 1 is 1.00 bits per heavy atom. The van der Waals surface area contributed by atoms with Gasteiger partial charge in [-0.05, 0) is 55.0 Å². The molecule has 4 rings (SSSR count). The van der Waals surface area contributed by atoms with E-state index in [0.717, 1.165) is 5.56 Å². The van der Waals surface area contributed by atoms with Crippen LogP contribution in [-0.2, 0) is 18.4 Å². The molecule has 0 aliphatic carbocycles. The SMILES string of the molecule is Cc1cccc(NC(=O)c2ccccc2NC(=O)CSc2nnc(COc3ccc(Cl)cc3Cl)n2C)c1. The van der Waals surface area contributed by atoms with Crippen molar-refractivity contribution in [2.24, 2.45) is 7.05 Å². The lowest BCUT2D eigenvalue weighted by Crippen LogP contribution is -2.19. The maximum atomic E-state index is 12.8. The number of anilines is 2. The fourth-order valence-corrected chi connectivity index (χ4v) is 4.55. The van der Waals surface area contributed by atoms with E-state index in [0.29, 0.717) is 43.7 Å². The van der Waals surface area contributed by atoms with Gasteiger partial charge >= 0.3 is 0 Å². The predicted molar refractivity (Wildman–Crippen MR) is 147 cm³/mol. The van der Waals surface area contributed by atoms with Crippen molar-refractivity contribution in [1.82, 2.24) is 14.8 Å². The van der Waals surface area contributed by atoms with E-state index in [9.17, 15) is 9.59 Å². The molecule has 0 spiro atoms. The molecular formula is C26H23Cl2N5O3S. The molecular weight excluding hydrogens is 533 g/mol. The molecule has 0 unspecified atom stereocenters. The van der Waals surface area contributed by atoms with Crippen molar-refractivity contribution in [3.63, 3.8) is 0 Å². The van der Waals surface area contributed by atoms with E-state index in [1.165, 1.54) is 11.8 Å². The Morgan fingerprint density at radius 3 is 2.59 bits per heavy atom. The van der Waals surface area contributed by atoms with Crippen LogP contribution >= 0.6 is 35.0 Å². The van der Waals surface area contributed by atoms with Crippen molar-refractivity contribution >= 4 is 58.2 Å². The molecule has 2 N–H and O–H groups in total. The third kappa shape index (κ3) is 7.03. The van der Waals surface area contributed by atoms with Crippen LogP contribution in [0.15, 0.2) is 71.9 Å². The third-order valence-electron chi connectivity index (χ3n) is 5.23. The monoisotopic (exact) mass is 555 g/mol. The Hall–Kier alpha value is -3.53. The van der Waals surface area contributed by atoms with Crippen molar-refractivity contribution in [2.45, 2.75) is 18.7 Å². The van der Waals surface area contributed by atoms with E-state index in [1.54, 1.807) is 54.1 Å². The van der Waals surface area contributed by atoms with Gasteiger partial charge in [-0.25, -0.2) is 0 Å². The van der Waals surface area contributed by atoms with E-state index in [-0.39, 0.29) is 24.2 Å². The maximum absolute atomic E-state index is 12.8. The first-order chi connectivity index (χ1) is 17.8. The number of halogens is 2. The zero-order valence-corrected chi connectivity index (χ0v) is 22.3. The normalized spacial score (nSPS) is 10.7. The van der Waals surface area contributed by atoms with E-state index in [2.05, 4.69) is 20.8 Å². The van der Waals surface area contributed by atoms with Crippen LogP contribution in [0.1, 0.15) is 21.7 Å². The average molecular weight is 556 g/mol. The lowest BCUT2D eigenvalue weighted by atomic mass is 10.1. The smallest absolute Gasteiger partial charge is 0.257 e. The minimum atomic E-state index is -0.312. The van der Waals surface area contributed by atoms with Gasteiger partial charge in [0.25, 0.3) is 5.91 Å². The molecule has 4 aromatic rings. The second-order valence-electron chi connectivity index (χ2n) is 8.03. The Bertz CT molecular complexity index is 1440. The van der Waals surface area contributed by atoms with E-state index >= 15 is 0 Å². The van der Waals surface area contributed by atoms with Crippen LogP contribution in [0.25, 0.3) is 0 Å². The molecule has 8 nitrogen and oxygen atoms in total. The molecule has 0 aliphatic rings. The number of ether oxygens (including phenoxy) is 1. The first kappa shape index (κ1) is 26.5. The van der Waals surface area contributed by atoms with Crippen molar-refractivity contribution in [2.75, 3.05) is 16.4 Å². The zero-order chi connectivity index (χ0) is 26.4. The van der Waals surface area contributed by atoms with Crippen molar-refractivity contribution < 1.29 is 14.3 Å². The zero-order valence-electron chi connectivity index (χ0n) is 20.0. The van der Waals surface area contributed by atoms with E-state index < -0.39 is 0 Å². The minimum Gasteiger partial charge on any atom is -0.484 e. The quantitative estimate of drug-likeness (QED) is 0.246. The number of nitrogens with zero attached hydrogens (tertiary/aromatic N) is 3. The number of hydrogen-bond donors (Lipinski definition) is 2. The Balaban J connectivity index is 1.34. The second-order valence-corrected chi connectivity index (χ2v) is 9.81. The fourth-order valence-electron chi connectivity index (χ4n) is 3.36. The van der Waals surface area contributed by atoms with Gasteiger partial charge in [-0.2, -0.15) is 0 Å². The summed E-state index contributed by atoms with van der Waals surface area (Å²) >= 11 is 13.3. The molecule has 0 saturated carbocycles. The number of hydrogen-bond acceptors (Lipinski definition) is 6. The summed E-state index contributed by atoms with van der Waals surface area (Å²) in [6, 6.07) is 19.3. The average Bonchev–Trinajstić information content (AvgIpc) is 3.21. The molecule has 2 amide bonds. The van der Waals surface area contributed by atoms with Gasteiger partial charge in [0.1, 0.15) is 12.4 Å². The molecule has 1 heterocycles. The molecule has 0 radical (unpaired) electrons. The highest BCUT2D eigenvalue weighted by molar-refractivity contribution is 7.99. The number of rotatable bonds is 9. The lowest BCUT2D eigenvalue weighted by Gasteiger charge is -2.12. The summed E-state index contributed by atoms with van der Waals surface area (Å²) < 4.78 is 7.46. The number of thioether (sulfide) groups is 1. The molecule has 0 atom stereocenters. The maximum Gasteiger partial charge on any atom is 0.257 e. The van der Waals surface area contributed by atoms with Crippen LogP contribution in [0, 0.1) is 6.92 Å². The molecule has 0 fully saturated rings. The van der Waals surface area contributed by atoms with Crippen molar-refractivity contribution in [3.8, 4) is 5.75 Å². The molecule has 0 saturated heterocycles. The van der Waals surface area contributed by atoms with Gasteiger partial charge in [0, 0.05) is 17.8 Å². The predicted octanol–water partition coefficient (Wildman–Crippen LogP) is 5.99. The van der Waals surface area contributed by atoms with Gasteiger partial charge in [-0.15, -0.1) is 10.2 Å². The summed E-state index contributed by atoms with van der Waals surface area (Å²) in [7, 11) is 1.79. The summed E-state index contributed by atoms with van der Waals surface area (Å²) in [4.78, 5) is 25.5. The number of benzene rings is 3. The van der Waals surface area contributed by atoms with Crippen LogP contribution < -0.4 is 15.4 Å². The fraction of sp³-hybridized carbons (Fsp3) is 0.154. The Kier molecular flexibility index (Phi) is 8.70. The van der Waals surface area contributed by atoms with Gasteiger partial charge in [-0.1, -0.05) is 59.2 Å². The Morgan fingerprint density at radius 2 is 1.81 bits per heavy atom. The number of aryl methyl sites for hydroxylation is 1. The highest BCUT2D eigenvalue weighted by atomic mass is 35.5. The summed E-state index contributed by atoms with van der Waals surface area (Å²) in [6.45, 7) is 2.09. The molecule has 3 aromatic carbocycles. The lowest BCUT2D eigenvalue weighted by molar-refractivity contribution is -0.113. The van der Waals surface area contributed by atoms with E-state index in [4.69, 9.17) is 27.9 Å². The van der Waals surface area contributed by atoms with Gasteiger partial charge < -0.3 is 19.9 Å². The van der Waals surface area contributed by atoms with Crippen molar-refractivity contribution in [3.05, 3.63) is 93.7 Å². The number of carbonyl (C=O) groups excluding carboxylic acids is 2. The highest BCUT2D eigenvalue weighted by Gasteiger charge is 2.16. The first-order valence-corrected chi connectivity index (χ1v) is 12.9. The number of aromatic nitrogens is 3. The molecule has 11 heteroatoms. The van der Waals surface area contributed by atoms with E-state index in [1.807, 2.05) is 31.2 Å². The molecule has 37 heavy (non-hydrogen) atoms. The summed E-state index contributed by atoms with van der Waals surface area (Å²) in [5.74, 6) is 0.520. The minimum absolute atomic E-state index is 0.0731. The first-order valence-electron chi connectivity index (χ1n) is 11.2. The summed E-state index contributed by atoms with van der Waals surface area (Å²) in [5, 5.41) is 15.4. The number of nitrogens with one attached hydrogen (secondary N) is 2. The van der Waals surface area contributed by atoms with Crippen LogP contribution in [0.3, 0.4) is 0 Å². The van der Waals surface area contributed by atoms with Gasteiger partial charge in [0.2, 0.25) is 5.91 Å². The number of carbonyl (C=O) groups is 2. The summed E-state index contributed by atoms with van der Waals surface area (Å²) in [5.41, 5.74) is 2.50. The molecule has 1 aromatic heterocycles. The van der Waals surface area contributed by atoms with Crippen LogP contribution in [-0.4, -0.2) is 32.3 Å². The van der Waals surface area contributed by atoms with Gasteiger partial charge in [0.05, 0.1) is 22.0 Å². The Labute approximate surface area is 228 Å². The standard InChI is InChI=1S/C26H23Cl2N5O3S/c1-16-6-5-7-18(12-16)29-25(35)19-8-3-4-9-21(19)30-24(34)15-37-26-32-31-23(33(26)2)14-36-22-11-10-17(27)13-20(22)28/h3-13H,14-15H2,1-2H3,(H,29,35)(H,30,34). The second kappa shape index (κ2) is 12.1. The van der Waals surface area contributed by atoms with Crippen molar-refractivity contribution in [1.29, 1.82) is 0 Å². The molecule has 0 bridgehead atoms. The van der Waals surface area contributed by atoms with Gasteiger partial charge in [0.15, 0.2) is 11.0 Å². The number of para-hydroxylation sites is 1. The van der Waals surface area contributed by atoms with Crippen LogP contribution in [0.4, 0.5) is 11.4 Å².